The second-order valence-corrected chi connectivity index (χ2v) is 10.9. The number of alkyl halides is 1. The average molecular weight is 568 g/mol. The van der Waals surface area contributed by atoms with Crippen molar-refractivity contribution in [1.82, 2.24) is 9.55 Å². The lowest BCUT2D eigenvalue weighted by molar-refractivity contribution is 0.533. The van der Waals surface area contributed by atoms with Crippen molar-refractivity contribution in [3.05, 3.63) is 59.4 Å². The molecule has 3 aromatic rings. The van der Waals surface area contributed by atoms with Crippen LogP contribution in [0.25, 0.3) is 11.0 Å². The van der Waals surface area contributed by atoms with Gasteiger partial charge in [0.15, 0.2) is 0 Å². The summed E-state index contributed by atoms with van der Waals surface area (Å²) >= 11 is 14.5. The Balaban J connectivity index is 0.000000124. The number of imidazole rings is 1. The van der Waals surface area contributed by atoms with E-state index in [0.717, 1.165) is 21.5 Å². The van der Waals surface area contributed by atoms with Crippen molar-refractivity contribution in [2.45, 2.75) is 67.8 Å². The van der Waals surface area contributed by atoms with E-state index < -0.39 is 0 Å². The standard InChI is InChI=1S/C12H13ClN2.C8H6ClN.C5H9I/c13-12-14-10-7-3-4-8-11(10)15(12)9-5-1-2-6-9;9-8-5-6-3-1-2-4-7(6)10-8;6-5-3-1-2-4-5/h3-4,7-9H,1-2,5-6H2;1-4H,5H2;5H,1-4H2. The minimum atomic E-state index is 0.560. The summed E-state index contributed by atoms with van der Waals surface area (Å²) in [7, 11) is 0. The van der Waals surface area contributed by atoms with Gasteiger partial charge in [-0.05, 0) is 61.0 Å². The van der Waals surface area contributed by atoms with E-state index in [9.17, 15) is 0 Å². The maximum atomic E-state index is 6.20. The van der Waals surface area contributed by atoms with E-state index in [2.05, 4.69) is 43.2 Å². The van der Waals surface area contributed by atoms with Crippen LogP contribution in [-0.4, -0.2) is 18.6 Å². The van der Waals surface area contributed by atoms with Crippen molar-refractivity contribution in [3.8, 4) is 0 Å². The Kier molecular flexibility index (Phi) is 8.30. The smallest absolute Gasteiger partial charge is 0.204 e. The number of aliphatic imine (C=N–C) groups is 1. The summed E-state index contributed by atoms with van der Waals surface area (Å²) in [4.78, 5) is 8.52. The van der Waals surface area contributed by atoms with Gasteiger partial charge in [-0.1, -0.05) is 90.2 Å². The molecule has 2 heterocycles. The lowest BCUT2D eigenvalue weighted by Gasteiger charge is -2.13. The van der Waals surface area contributed by atoms with Crippen LogP contribution < -0.4 is 0 Å². The van der Waals surface area contributed by atoms with Gasteiger partial charge >= 0.3 is 0 Å². The molecular formula is C25H28Cl2IN3. The molecule has 0 radical (unpaired) electrons. The largest absolute Gasteiger partial charge is 0.312 e. The first-order valence-electron chi connectivity index (χ1n) is 11.2. The molecule has 0 saturated heterocycles. The van der Waals surface area contributed by atoms with Gasteiger partial charge in [0.05, 0.1) is 16.7 Å². The first-order chi connectivity index (χ1) is 15.1. The van der Waals surface area contributed by atoms with Gasteiger partial charge in [0.25, 0.3) is 0 Å². The van der Waals surface area contributed by atoms with E-state index in [-0.39, 0.29) is 0 Å². The Hall–Kier alpha value is -1.11. The second kappa shape index (κ2) is 11.2. The third-order valence-corrected chi connectivity index (χ3v) is 7.83. The van der Waals surface area contributed by atoms with Gasteiger partial charge in [-0.2, -0.15) is 0 Å². The van der Waals surface area contributed by atoms with E-state index in [4.69, 9.17) is 23.2 Å². The average Bonchev–Trinajstić information content (AvgIpc) is 3.54. The molecule has 0 atom stereocenters. The quantitative estimate of drug-likeness (QED) is 0.214. The molecule has 164 valence electrons. The molecule has 2 fully saturated rings. The molecule has 6 heteroatoms. The number of aromatic nitrogens is 2. The van der Waals surface area contributed by atoms with Crippen LogP contribution in [-0.2, 0) is 6.42 Å². The Morgan fingerprint density at radius 1 is 0.839 bits per heavy atom. The summed E-state index contributed by atoms with van der Waals surface area (Å²) in [5, 5.41) is 1.34. The molecule has 3 aliphatic rings. The number of nitrogens with zero attached hydrogens (tertiary/aromatic N) is 3. The summed E-state index contributed by atoms with van der Waals surface area (Å²) in [6.45, 7) is 0. The molecule has 6 rings (SSSR count). The van der Waals surface area contributed by atoms with Crippen molar-refractivity contribution in [3.63, 3.8) is 0 Å². The minimum Gasteiger partial charge on any atom is -0.312 e. The van der Waals surface area contributed by atoms with Crippen molar-refractivity contribution >= 4 is 67.7 Å². The predicted octanol–water partition coefficient (Wildman–Crippen LogP) is 8.68. The topological polar surface area (TPSA) is 30.2 Å². The van der Waals surface area contributed by atoms with Crippen LogP contribution in [0.2, 0.25) is 5.28 Å². The first-order valence-corrected chi connectivity index (χ1v) is 13.2. The van der Waals surface area contributed by atoms with Crippen LogP contribution in [0.4, 0.5) is 5.69 Å². The molecule has 31 heavy (non-hydrogen) atoms. The zero-order valence-electron chi connectivity index (χ0n) is 17.6. The van der Waals surface area contributed by atoms with E-state index in [1.54, 1.807) is 0 Å². The Morgan fingerprint density at radius 2 is 1.48 bits per heavy atom. The molecule has 0 N–H and O–H groups in total. The normalized spacial score (nSPS) is 18.2. The number of rotatable bonds is 1. The molecule has 1 aliphatic heterocycles. The first kappa shape index (κ1) is 23.1. The maximum Gasteiger partial charge on any atom is 0.204 e. The molecule has 0 unspecified atom stereocenters. The van der Waals surface area contributed by atoms with Crippen LogP contribution in [0.3, 0.4) is 0 Å². The number of benzene rings is 2. The van der Waals surface area contributed by atoms with Crippen molar-refractivity contribution in [2.24, 2.45) is 4.99 Å². The number of fused-ring (bicyclic) bond motifs is 2. The number of halogens is 3. The van der Waals surface area contributed by atoms with E-state index in [1.807, 2.05) is 42.5 Å². The fraction of sp³-hybridized carbons (Fsp3) is 0.440. The van der Waals surface area contributed by atoms with E-state index in [0.29, 0.717) is 16.5 Å². The highest BCUT2D eigenvalue weighted by Crippen LogP contribution is 2.35. The molecule has 3 nitrogen and oxygen atoms in total. The van der Waals surface area contributed by atoms with Crippen molar-refractivity contribution < 1.29 is 0 Å². The van der Waals surface area contributed by atoms with Gasteiger partial charge in [0.1, 0.15) is 5.17 Å². The molecule has 2 saturated carbocycles. The van der Waals surface area contributed by atoms with Crippen molar-refractivity contribution in [2.75, 3.05) is 0 Å². The molecular weight excluding hydrogens is 540 g/mol. The highest BCUT2D eigenvalue weighted by molar-refractivity contribution is 14.1. The summed E-state index contributed by atoms with van der Waals surface area (Å²) < 4.78 is 3.21. The van der Waals surface area contributed by atoms with Gasteiger partial charge in [-0.3, -0.25) is 0 Å². The second-order valence-electron chi connectivity index (χ2n) is 8.35. The maximum absolute atomic E-state index is 6.20. The zero-order valence-corrected chi connectivity index (χ0v) is 21.3. The fourth-order valence-electron chi connectivity index (χ4n) is 4.50. The van der Waals surface area contributed by atoms with Gasteiger partial charge in [-0.25, -0.2) is 9.98 Å². The molecule has 2 aromatic carbocycles. The van der Waals surface area contributed by atoms with Gasteiger partial charge in [0, 0.05) is 16.4 Å². The number of hydrogen-bond donors (Lipinski definition) is 0. The van der Waals surface area contributed by atoms with Gasteiger partial charge < -0.3 is 4.57 Å². The number of hydrogen-bond acceptors (Lipinski definition) is 2. The molecule has 2 aliphatic carbocycles. The van der Waals surface area contributed by atoms with Crippen LogP contribution in [0.5, 0.6) is 0 Å². The van der Waals surface area contributed by atoms with Gasteiger partial charge in [-0.15, -0.1) is 0 Å². The third-order valence-electron chi connectivity index (χ3n) is 6.10. The molecule has 0 amide bonds. The Bertz CT molecular complexity index is 1030. The van der Waals surface area contributed by atoms with Crippen molar-refractivity contribution in [1.29, 1.82) is 0 Å². The SMILES string of the molecule is ClC1=Nc2ccccc2C1.Clc1nc2ccccc2n1C1CCCC1.IC1CCCC1. The summed E-state index contributed by atoms with van der Waals surface area (Å²) in [5.41, 5.74) is 4.43. The summed E-state index contributed by atoms with van der Waals surface area (Å²) in [6.07, 6.45) is 11.8. The summed E-state index contributed by atoms with van der Waals surface area (Å²) in [6, 6.07) is 16.7. The lowest BCUT2D eigenvalue weighted by atomic mass is 10.2. The Morgan fingerprint density at radius 3 is 2.16 bits per heavy atom. The zero-order chi connectivity index (χ0) is 21.6. The molecule has 0 spiro atoms. The molecule has 1 aromatic heterocycles. The highest BCUT2D eigenvalue weighted by Gasteiger charge is 2.21. The Labute approximate surface area is 208 Å². The van der Waals surface area contributed by atoms with Gasteiger partial charge in [0.2, 0.25) is 5.28 Å². The third kappa shape index (κ3) is 6.02. The number of para-hydroxylation sites is 3. The highest BCUT2D eigenvalue weighted by atomic mass is 127. The molecule has 0 bridgehead atoms. The van der Waals surface area contributed by atoms with Crippen LogP contribution in [0, 0.1) is 0 Å². The van der Waals surface area contributed by atoms with E-state index in [1.165, 1.54) is 62.4 Å². The van der Waals surface area contributed by atoms with Crippen LogP contribution in [0.1, 0.15) is 63.0 Å². The van der Waals surface area contributed by atoms with E-state index >= 15 is 0 Å². The fourth-order valence-corrected chi connectivity index (χ4v) is 5.93. The van der Waals surface area contributed by atoms with Crippen LogP contribution in [0.15, 0.2) is 53.5 Å². The predicted molar refractivity (Wildman–Crippen MR) is 142 cm³/mol. The lowest BCUT2D eigenvalue weighted by Crippen LogP contribution is -2.04. The summed E-state index contributed by atoms with van der Waals surface area (Å²) in [5.74, 6) is 0. The minimum absolute atomic E-state index is 0.560. The monoisotopic (exact) mass is 567 g/mol. The van der Waals surface area contributed by atoms with Crippen LogP contribution >= 0.6 is 45.8 Å².